The molecule has 1 aromatic carbocycles. The van der Waals surface area contributed by atoms with Gasteiger partial charge in [-0.1, -0.05) is 33.3 Å². The smallest absolute Gasteiger partial charge is 0.264 e. The number of fused-ring (bicyclic) bond motifs is 4. The summed E-state index contributed by atoms with van der Waals surface area (Å²) in [6, 6.07) is 7.32. The van der Waals surface area contributed by atoms with Crippen LogP contribution < -0.4 is 14.8 Å². The third-order valence-corrected chi connectivity index (χ3v) is 7.48. The van der Waals surface area contributed by atoms with E-state index in [9.17, 15) is 13.2 Å². The largest absolute Gasteiger partial charge is 0.475 e. The summed E-state index contributed by atoms with van der Waals surface area (Å²) in [6.45, 7) is 7.10. The molecule has 4 rings (SSSR count). The van der Waals surface area contributed by atoms with Crippen LogP contribution in [0, 0.1) is 11.8 Å². The molecule has 4 bridgehead atoms. The van der Waals surface area contributed by atoms with Gasteiger partial charge in [0.25, 0.3) is 15.9 Å². The molecule has 0 saturated carbocycles. The zero-order valence-electron chi connectivity index (χ0n) is 19.8. The SMILES string of the molecule is CC[C@H]1CCC(c2cc3nc(n2)NS(=O)(=O)c2cccc(c2)C(=O)N[C@H](CC(C)C)CO3)OC1. The van der Waals surface area contributed by atoms with Gasteiger partial charge < -0.3 is 14.8 Å². The van der Waals surface area contributed by atoms with Crippen LogP contribution in [-0.2, 0) is 14.8 Å². The van der Waals surface area contributed by atoms with Crippen molar-refractivity contribution < 1.29 is 22.7 Å². The van der Waals surface area contributed by atoms with Crippen molar-refractivity contribution in [2.45, 2.75) is 63.5 Å². The van der Waals surface area contributed by atoms with Crippen LogP contribution in [-0.4, -0.2) is 43.5 Å². The third kappa shape index (κ3) is 5.85. The molecule has 10 heteroatoms. The summed E-state index contributed by atoms with van der Waals surface area (Å²) < 4.78 is 40.6. The molecule has 1 saturated heterocycles. The molecule has 1 unspecified atom stereocenters. The highest BCUT2D eigenvalue weighted by molar-refractivity contribution is 7.92. The Kier molecular flexibility index (Phi) is 7.37. The molecule has 0 spiro atoms. The number of amides is 1. The van der Waals surface area contributed by atoms with Crippen LogP contribution >= 0.6 is 0 Å². The lowest BCUT2D eigenvalue weighted by Gasteiger charge is -2.28. The van der Waals surface area contributed by atoms with Crippen molar-refractivity contribution in [3.63, 3.8) is 0 Å². The predicted octanol–water partition coefficient (Wildman–Crippen LogP) is 3.69. The molecule has 34 heavy (non-hydrogen) atoms. The topological polar surface area (TPSA) is 120 Å². The fourth-order valence-electron chi connectivity index (χ4n) is 4.26. The highest BCUT2D eigenvalue weighted by Crippen LogP contribution is 2.33. The van der Waals surface area contributed by atoms with Crippen LogP contribution in [0.4, 0.5) is 5.95 Å². The summed E-state index contributed by atoms with van der Waals surface area (Å²) in [4.78, 5) is 21.6. The van der Waals surface area contributed by atoms with Crippen molar-refractivity contribution >= 4 is 21.9 Å². The molecular formula is C24H32N4O5S. The van der Waals surface area contributed by atoms with Crippen molar-refractivity contribution in [1.29, 1.82) is 0 Å². The molecule has 1 amide bonds. The minimum Gasteiger partial charge on any atom is -0.475 e. The Morgan fingerprint density at radius 2 is 1.97 bits per heavy atom. The summed E-state index contributed by atoms with van der Waals surface area (Å²) in [5.74, 6) is 0.624. The Morgan fingerprint density at radius 1 is 1.15 bits per heavy atom. The van der Waals surface area contributed by atoms with Crippen LogP contribution in [0.25, 0.3) is 0 Å². The number of carbonyl (C=O) groups is 1. The first-order valence-corrected chi connectivity index (χ1v) is 13.3. The standard InChI is InChI=1S/C24H32N4O5S/c1-4-16-8-9-21(32-13-16)20-12-22-27-24(26-20)28-34(30,31)19-7-5-6-17(11-19)23(29)25-18(14-33-22)10-15(2)3/h5-7,11-12,15-16,18,21H,4,8-10,13-14H2,1-3H3,(H,25,29)(H,26,27,28)/t16-,18+,21?/m0/s1. The average Bonchev–Trinajstić information content (AvgIpc) is 2.81. The number of nitrogens with one attached hydrogen (secondary N) is 2. The summed E-state index contributed by atoms with van der Waals surface area (Å²) in [7, 11) is -4.03. The number of benzene rings is 1. The number of ether oxygens (including phenoxy) is 2. The fraction of sp³-hybridized carbons (Fsp3) is 0.542. The number of nitrogens with zero attached hydrogens (tertiary/aromatic N) is 2. The molecule has 2 aliphatic heterocycles. The molecule has 1 fully saturated rings. The molecule has 3 atom stereocenters. The fourth-order valence-corrected chi connectivity index (χ4v) is 5.25. The first-order valence-electron chi connectivity index (χ1n) is 11.8. The molecule has 0 aliphatic carbocycles. The molecule has 184 valence electrons. The number of anilines is 1. The van der Waals surface area contributed by atoms with E-state index in [0.717, 1.165) is 19.3 Å². The molecule has 2 aromatic rings. The Morgan fingerprint density at radius 3 is 2.68 bits per heavy atom. The molecule has 0 radical (unpaired) electrons. The van der Waals surface area contributed by atoms with Gasteiger partial charge in [-0.2, -0.15) is 4.98 Å². The van der Waals surface area contributed by atoms with Gasteiger partial charge >= 0.3 is 0 Å². The van der Waals surface area contributed by atoms with Gasteiger partial charge in [0, 0.05) is 11.6 Å². The Bertz CT molecular complexity index is 1130. The quantitative estimate of drug-likeness (QED) is 0.673. The van der Waals surface area contributed by atoms with Gasteiger partial charge in [-0.3, -0.25) is 4.79 Å². The second-order valence-electron chi connectivity index (χ2n) is 9.37. The molecule has 2 aliphatic rings. The second-order valence-corrected chi connectivity index (χ2v) is 11.1. The summed E-state index contributed by atoms with van der Waals surface area (Å²) in [6.07, 6.45) is 3.28. The highest BCUT2D eigenvalue weighted by Gasteiger charge is 2.27. The molecule has 1 aromatic heterocycles. The lowest BCUT2D eigenvalue weighted by Crippen LogP contribution is -2.40. The van der Waals surface area contributed by atoms with E-state index in [1.807, 2.05) is 0 Å². The number of carbonyl (C=O) groups excluding carboxylic acids is 1. The Labute approximate surface area is 200 Å². The van der Waals surface area contributed by atoms with Crippen LogP contribution in [0.3, 0.4) is 0 Å². The van der Waals surface area contributed by atoms with Gasteiger partial charge in [-0.25, -0.2) is 18.1 Å². The van der Waals surface area contributed by atoms with Gasteiger partial charge in [0.15, 0.2) is 0 Å². The van der Waals surface area contributed by atoms with Crippen molar-refractivity contribution in [2.24, 2.45) is 11.8 Å². The first kappa shape index (κ1) is 24.4. The monoisotopic (exact) mass is 488 g/mol. The van der Waals surface area contributed by atoms with E-state index in [2.05, 4.69) is 40.8 Å². The van der Waals surface area contributed by atoms with E-state index >= 15 is 0 Å². The van der Waals surface area contributed by atoms with Crippen LogP contribution in [0.5, 0.6) is 5.88 Å². The molecule has 2 N–H and O–H groups in total. The highest BCUT2D eigenvalue weighted by atomic mass is 32.2. The number of hydrogen-bond donors (Lipinski definition) is 2. The van der Waals surface area contributed by atoms with E-state index in [-0.39, 0.29) is 46.9 Å². The van der Waals surface area contributed by atoms with E-state index in [0.29, 0.717) is 30.6 Å². The first-order chi connectivity index (χ1) is 16.2. The summed E-state index contributed by atoms with van der Waals surface area (Å²) in [5, 5.41) is 2.97. The maximum atomic E-state index is 13.1. The molecule has 3 heterocycles. The van der Waals surface area contributed by atoms with Crippen molar-refractivity contribution in [1.82, 2.24) is 15.3 Å². The second kappa shape index (κ2) is 10.3. The van der Waals surface area contributed by atoms with Crippen molar-refractivity contribution in [3.05, 3.63) is 41.6 Å². The maximum absolute atomic E-state index is 13.1. The number of rotatable bonds is 4. The molecule has 9 nitrogen and oxygen atoms in total. The number of sulfonamides is 1. The van der Waals surface area contributed by atoms with Crippen LogP contribution in [0.1, 0.15) is 68.6 Å². The summed E-state index contributed by atoms with van der Waals surface area (Å²) >= 11 is 0. The van der Waals surface area contributed by atoms with E-state index in [1.165, 1.54) is 12.1 Å². The van der Waals surface area contributed by atoms with Crippen molar-refractivity contribution in [3.8, 4) is 5.88 Å². The maximum Gasteiger partial charge on any atom is 0.264 e. The lowest BCUT2D eigenvalue weighted by atomic mass is 9.95. The van der Waals surface area contributed by atoms with E-state index in [1.54, 1.807) is 18.2 Å². The average molecular weight is 489 g/mol. The van der Waals surface area contributed by atoms with Gasteiger partial charge in [0.2, 0.25) is 11.8 Å². The minimum absolute atomic E-state index is 0.0454. The van der Waals surface area contributed by atoms with E-state index < -0.39 is 10.0 Å². The van der Waals surface area contributed by atoms with Crippen LogP contribution in [0.15, 0.2) is 35.2 Å². The Balaban J connectivity index is 1.72. The third-order valence-electron chi connectivity index (χ3n) is 6.16. The number of aromatic nitrogens is 2. The van der Waals surface area contributed by atoms with Crippen molar-refractivity contribution in [2.75, 3.05) is 17.9 Å². The van der Waals surface area contributed by atoms with Gasteiger partial charge in [-0.05, 0) is 49.3 Å². The Hall–Kier alpha value is -2.72. The summed E-state index contributed by atoms with van der Waals surface area (Å²) in [5.41, 5.74) is 0.829. The van der Waals surface area contributed by atoms with Gasteiger partial charge in [-0.15, -0.1) is 0 Å². The zero-order valence-corrected chi connectivity index (χ0v) is 20.6. The zero-order chi connectivity index (χ0) is 24.3. The predicted molar refractivity (Wildman–Crippen MR) is 127 cm³/mol. The van der Waals surface area contributed by atoms with E-state index in [4.69, 9.17) is 9.47 Å². The number of hydrogen-bond acceptors (Lipinski definition) is 7. The van der Waals surface area contributed by atoms with Crippen LogP contribution in [0.2, 0.25) is 0 Å². The minimum atomic E-state index is -4.03. The lowest BCUT2D eigenvalue weighted by molar-refractivity contribution is -0.0204. The normalized spacial score (nSPS) is 24.6. The van der Waals surface area contributed by atoms with Gasteiger partial charge in [0.05, 0.1) is 29.3 Å². The van der Waals surface area contributed by atoms with Gasteiger partial charge in [0.1, 0.15) is 6.61 Å². The molecular weight excluding hydrogens is 456 g/mol.